The maximum Gasteiger partial charge on any atom is 0.266 e. The van der Waals surface area contributed by atoms with E-state index in [-0.39, 0.29) is 5.91 Å². The summed E-state index contributed by atoms with van der Waals surface area (Å²) in [6, 6.07) is 5.50. The van der Waals surface area contributed by atoms with Gasteiger partial charge in [0.2, 0.25) is 5.13 Å². The Morgan fingerprint density at radius 2 is 2.12 bits per heavy atom. The summed E-state index contributed by atoms with van der Waals surface area (Å²) in [5.74, 6) is 1.28. The molecule has 0 bridgehead atoms. The molecule has 6 nitrogen and oxygen atoms in total. The van der Waals surface area contributed by atoms with Gasteiger partial charge < -0.3 is 9.47 Å². The number of benzene rings is 1. The summed E-state index contributed by atoms with van der Waals surface area (Å²) in [7, 11) is 3.20. The van der Waals surface area contributed by atoms with Crippen molar-refractivity contribution < 1.29 is 14.3 Å². The van der Waals surface area contributed by atoms with Gasteiger partial charge in [0.25, 0.3) is 5.91 Å². The fourth-order valence-electron chi connectivity index (χ4n) is 2.42. The summed E-state index contributed by atoms with van der Waals surface area (Å²) in [6.07, 6.45) is 1.82. The maximum atomic E-state index is 12.7. The van der Waals surface area contributed by atoms with Crippen molar-refractivity contribution in [2.45, 2.75) is 13.8 Å². The maximum absolute atomic E-state index is 12.7. The van der Waals surface area contributed by atoms with E-state index in [1.54, 1.807) is 25.2 Å². The zero-order valence-electron chi connectivity index (χ0n) is 15.0. The Hall–Kier alpha value is -2.32. The van der Waals surface area contributed by atoms with Crippen LogP contribution < -0.4 is 9.47 Å². The van der Waals surface area contributed by atoms with E-state index in [0.717, 1.165) is 11.3 Å². The molecule has 0 spiro atoms. The number of thiazole rings is 1. The van der Waals surface area contributed by atoms with E-state index in [2.05, 4.69) is 9.98 Å². The summed E-state index contributed by atoms with van der Waals surface area (Å²) in [6.45, 7) is 4.40. The summed E-state index contributed by atoms with van der Waals surface area (Å²) in [5, 5.41) is 3.24. The Morgan fingerprint density at radius 3 is 2.73 bits per heavy atom. The molecule has 0 N–H and O–H groups in total. The van der Waals surface area contributed by atoms with Crippen molar-refractivity contribution in [1.82, 2.24) is 9.88 Å². The van der Waals surface area contributed by atoms with Crippen molar-refractivity contribution in [3.05, 3.63) is 39.7 Å². The SMILES string of the molecule is CCN1C(=O)/C(=C/c2ccc(OC)cc2OC)S/C1=N/c1nc(C)cs1. The molecule has 1 amide bonds. The second-order valence-electron chi connectivity index (χ2n) is 5.43. The first-order chi connectivity index (χ1) is 12.5. The van der Waals surface area contributed by atoms with Crippen LogP contribution in [0.25, 0.3) is 6.08 Å². The minimum atomic E-state index is -0.0672. The molecular formula is C18H19N3O3S2. The molecule has 0 unspecified atom stereocenters. The monoisotopic (exact) mass is 389 g/mol. The van der Waals surface area contributed by atoms with Crippen molar-refractivity contribution in [2.24, 2.45) is 4.99 Å². The minimum Gasteiger partial charge on any atom is -0.497 e. The third-order valence-electron chi connectivity index (χ3n) is 3.73. The second kappa shape index (κ2) is 7.92. The standard InChI is InChI=1S/C18H19N3O3S2/c1-5-21-16(22)15(26-18(21)20-17-19-11(2)10-25-17)8-12-6-7-13(23-3)9-14(12)24-4/h6-10H,5H2,1-4H3/b15-8-,20-18+. The topological polar surface area (TPSA) is 64.0 Å². The van der Waals surface area contributed by atoms with Crippen LogP contribution in [0, 0.1) is 6.92 Å². The summed E-state index contributed by atoms with van der Waals surface area (Å²) in [4.78, 5) is 23.9. The number of aromatic nitrogens is 1. The van der Waals surface area contributed by atoms with E-state index >= 15 is 0 Å². The number of aliphatic imine (C=N–C) groups is 1. The van der Waals surface area contributed by atoms with Crippen LogP contribution in [0.3, 0.4) is 0 Å². The quantitative estimate of drug-likeness (QED) is 0.721. The lowest BCUT2D eigenvalue weighted by Crippen LogP contribution is -2.28. The lowest BCUT2D eigenvalue weighted by Gasteiger charge is -2.11. The van der Waals surface area contributed by atoms with E-state index in [9.17, 15) is 4.79 Å². The van der Waals surface area contributed by atoms with Gasteiger partial charge in [-0.1, -0.05) is 0 Å². The predicted octanol–water partition coefficient (Wildman–Crippen LogP) is 4.09. The summed E-state index contributed by atoms with van der Waals surface area (Å²) >= 11 is 2.81. The lowest BCUT2D eigenvalue weighted by atomic mass is 10.1. The van der Waals surface area contributed by atoms with Gasteiger partial charge in [-0.2, -0.15) is 4.99 Å². The molecule has 2 heterocycles. The predicted molar refractivity (Wildman–Crippen MR) is 106 cm³/mol. The van der Waals surface area contributed by atoms with Gasteiger partial charge in [0.05, 0.1) is 24.8 Å². The molecule has 2 aromatic rings. The van der Waals surface area contributed by atoms with Gasteiger partial charge in [-0.05, 0) is 43.8 Å². The average molecular weight is 390 g/mol. The minimum absolute atomic E-state index is 0.0672. The van der Waals surface area contributed by atoms with Crippen molar-refractivity contribution in [1.29, 1.82) is 0 Å². The number of amidine groups is 1. The average Bonchev–Trinajstić information content (AvgIpc) is 3.18. The normalized spacial score (nSPS) is 17.4. The fraction of sp³-hybridized carbons (Fsp3) is 0.278. The Morgan fingerprint density at radius 1 is 1.31 bits per heavy atom. The van der Waals surface area contributed by atoms with Crippen LogP contribution in [0.2, 0.25) is 0 Å². The zero-order chi connectivity index (χ0) is 18.7. The highest BCUT2D eigenvalue weighted by Gasteiger charge is 2.32. The third kappa shape index (κ3) is 3.76. The third-order valence-corrected chi connectivity index (χ3v) is 5.59. The van der Waals surface area contributed by atoms with Crippen LogP contribution in [0.15, 0.2) is 33.5 Å². The highest BCUT2D eigenvalue weighted by molar-refractivity contribution is 8.18. The van der Waals surface area contributed by atoms with Crippen LogP contribution in [-0.4, -0.2) is 41.7 Å². The lowest BCUT2D eigenvalue weighted by molar-refractivity contribution is -0.122. The molecule has 1 aliphatic rings. The van der Waals surface area contributed by atoms with Crippen LogP contribution in [-0.2, 0) is 4.79 Å². The van der Waals surface area contributed by atoms with Crippen LogP contribution in [0.5, 0.6) is 11.5 Å². The number of aryl methyl sites for hydroxylation is 1. The summed E-state index contributed by atoms with van der Waals surface area (Å²) in [5.41, 5.74) is 1.73. The van der Waals surface area contributed by atoms with Crippen LogP contribution in [0.1, 0.15) is 18.2 Å². The number of hydrogen-bond acceptors (Lipinski definition) is 7. The van der Waals surface area contributed by atoms with E-state index in [4.69, 9.17) is 9.47 Å². The number of methoxy groups -OCH3 is 2. The number of hydrogen-bond donors (Lipinski definition) is 0. The van der Waals surface area contributed by atoms with Gasteiger partial charge >= 0.3 is 0 Å². The number of carbonyl (C=O) groups excluding carboxylic acids is 1. The highest BCUT2D eigenvalue weighted by Crippen LogP contribution is 2.36. The fourth-order valence-corrected chi connectivity index (χ4v) is 4.18. The van der Waals surface area contributed by atoms with Crippen molar-refractivity contribution in [3.63, 3.8) is 0 Å². The largest absolute Gasteiger partial charge is 0.497 e. The molecule has 0 aliphatic carbocycles. The Kier molecular flexibility index (Phi) is 5.63. The van der Waals surface area contributed by atoms with Gasteiger partial charge in [0, 0.05) is 23.6 Å². The first kappa shape index (κ1) is 18.5. The number of likely N-dealkylation sites (N-methyl/N-ethyl adjacent to an activating group) is 1. The Bertz CT molecular complexity index is 890. The number of carbonyl (C=O) groups is 1. The number of nitrogens with zero attached hydrogens (tertiary/aromatic N) is 3. The molecule has 1 aliphatic heterocycles. The van der Waals surface area contributed by atoms with E-state index in [1.807, 2.05) is 37.4 Å². The Balaban J connectivity index is 1.95. The zero-order valence-corrected chi connectivity index (χ0v) is 16.6. The number of thioether (sulfide) groups is 1. The first-order valence-electron chi connectivity index (χ1n) is 8.00. The molecule has 0 atom stereocenters. The molecule has 26 heavy (non-hydrogen) atoms. The summed E-state index contributed by atoms with van der Waals surface area (Å²) < 4.78 is 10.6. The number of amides is 1. The highest BCUT2D eigenvalue weighted by atomic mass is 32.2. The molecule has 8 heteroatoms. The van der Waals surface area contributed by atoms with Crippen LogP contribution >= 0.6 is 23.1 Å². The van der Waals surface area contributed by atoms with Crippen molar-refractivity contribution in [2.75, 3.05) is 20.8 Å². The van der Waals surface area contributed by atoms with Gasteiger partial charge in [-0.3, -0.25) is 9.69 Å². The molecule has 1 fully saturated rings. The molecule has 3 rings (SSSR count). The molecule has 0 saturated carbocycles. The van der Waals surface area contributed by atoms with Gasteiger partial charge in [0.15, 0.2) is 5.17 Å². The second-order valence-corrected chi connectivity index (χ2v) is 7.28. The Labute approximate surface area is 160 Å². The van der Waals surface area contributed by atoms with Gasteiger partial charge in [0.1, 0.15) is 11.5 Å². The van der Waals surface area contributed by atoms with E-state index in [0.29, 0.717) is 33.2 Å². The number of rotatable bonds is 5. The molecule has 136 valence electrons. The molecular weight excluding hydrogens is 370 g/mol. The molecule has 1 aromatic carbocycles. The molecule has 0 radical (unpaired) electrons. The van der Waals surface area contributed by atoms with Crippen molar-refractivity contribution in [3.8, 4) is 11.5 Å². The molecule has 1 aromatic heterocycles. The van der Waals surface area contributed by atoms with Gasteiger partial charge in [-0.15, -0.1) is 11.3 Å². The van der Waals surface area contributed by atoms with Crippen LogP contribution in [0.4, 0.5) is 5.13 Å². The molecule has 1 saturated heterocycles. The van der Waals surface area contributed by atoms with E-state index < -0.39 is 0 Å². The van der Waals surface area contributed by atoms with Crippen molar-refractivity contribution >= 4 is 45.4 Å². The van der Waals surface area contributed by atoms with E-state index in [1.165, 1.54) is 23.1 Å². The smallest absolute Gasteiger partial charge is 0.266 e. The first-order valence-corrected chi connectivity index (χ1v) is 9.69. The van der Waals surface area contributed by atoms with Gasteiger partial charge in [-0.25, -0.2) is 4.98 Å². The number of ether oxygens (including phenoxy) is 2.